The average Bonchev–Trinajstić information content (AvgIpc) is 2.78. The van der Waals surface area contributed by atoms with Crippen molar-refractivity contribution < 1.29 is 4.42 Å². The number of hydrogen-bond acceptors (Lipinski definition) is 2. The third-order valence-corrected chi connectivity index (χ3v) is 3.15. The fourth-order valence-corrected chi connectivity index (χ4v) is 2.15. The van der Waals surface area contributed by atoms with Gasteiger partial charge in [-0.15, -0.1) is 0 Å². The quantitative estimate of drug-likeness (QED) is 0.877. The second kappa shape index (κ2) is 6.07. The molecule has 0 bridgehead atoms. The van der Waals surface area contributed by atoms with E-state index >= 15 is 0 Å². The van der Waals surface area contributed by atoms with Gasteiger partial charge in [0, 0.05) is 0 Å². The maximum absolute atomic E-state index is 5.83. The molecular formula is C15H18ClNO. The van der Waals surface area contributed by atoms with Gasteiger partial charge >= 0.3 is 0 Å². The zero-order chi connectivity index (χ0) is 13.0. The summed E-state index contributed by atoms with van der Waals surface area (Å²) in [6.07, 6.45) is 0.901. The van der Waals surface area contributed by atoms with Gasteiger partial charge < -0.3 is 9.73 Å². The van der Waals surface area contributed by atoms with E-state index in [0.717, 1.165) is 18.7 Å². The highest BCUT2D eigenvalue weighted by atomic mass is 35.5. The third kappa shape index (κ3) is 3.37. The Hall–Kier alpha value is -1.25. The molecular weight excluding hydrogens is 246 g/mol. The van der Waals surface area contributed by atoms with Crippen molar-refractivity contribution in [3.05, 3.63) is 58.5 Å². The van der Waals surface area contributed by atoms with Gasteiger partial charge in [-0.05, 0) is 49.2 Å². The van der Waals surface area contributed by atoms with Crippen molar-refractivity contribution in [3.8, 4) is 0 Å². The fourth-order valence-electron chi connectivity index (χ4n) is 2.00. The molecule has 0 saturated carbocycles. The predicted molar refractivity (Wildman–Crippen MR) is 75.0 cm³/mol. The van der Waals surface area contributed by atoms with Crippen molar-refractivity contribution in [2.24, 2.45) is 0 Å². The van der Waals surface area contributed by atoms with Crippen LogP contribution in [0.5, 0.6) is 0 Å². The summed E-state index contributed by atoms with van der Waals surface area (Å²) in [6, 6.07) is 12.5. The van der Waals surface area contributed by atoms with Gasteiger partial charge in [-0.2, -0.15) is 0 Å². The smallest absolute Gasteiger partial charge is 0.193 e. The first kappa shape index (κ1) is 13.2. The lowest BCUT2D eigenvalue weighted by Crippen LogP contribution is -2.22. The van der Waals surface area contributed by atoms with Gasteiger partial charge in [0.15, 0.2) is 5.22 Å². The highest BCUT2D eigenvalue weighted by Gasteiger charge is 2.14. The lowest BCUT2D eigenvalue weighted by molar-refractivity contribution is 0.417. The average molecular weight is 264 g/mol. The van der Waals surface area contributed by atoms with Gasteiger partial charge in [0.1, 0.15) is 5.76 Å². The van der Waals surface area contributed by atoms with E-state index in [-0.39, 0.29) is 6.04 Å². The first-order valence-corrected chi connectivity index (χ1v) is 6.61. The molecule has 0 radical (unpaired) electrons. The highest BCUT2D eigenvalue weighted by molar-refractivity contribution is 6.28. The Balaban J connectivity index is 2.13. The summed E-state index contributed by atoms with van der Waals surface area (Å²) in [5.41, 5.74) is 2.57. The molecule has 2 nitrogen and oxygen atoms in total. The minimum Gasteiger partial charge on any atom is -0.448 e. The molecule has 1 unspecified atom stereocenters. The minimum absolute atomic E-state index is 0.171. The zero-order valence-electron chi connectivity index (χ0n) is 10.7. The Kier molecular flexibility index (Phi) is 4.45. The number of aryl methyl sites for hydroxylation is 1. The molecule has 0 aliphatic rings. The summed E-state index contributed by atoms with van der Waals surface area (Å²) in [4.78, 5) is 0. The molecule has 0 aliphatic heterocycles. The fraction of sp³-hybridized carbons (Fsp3) is 0.333. The Morgan fingerprint density at radius 1 is 1.17 bits per heavy atom. The summed E-state index contributed by atoms with van der Waals surface area (Å²) < 4.78 is 5.50. The van der Waals surface area contributed by atoms with E-state index in [1.165, 1.54) is 11.1 Å². The normalized spacial score (nSPS) is 12.6. The first-order chi connectivity index (χ1) is 8.69. The molecule has 96 valence electrons. The van der Waals surface area contributed by atoms with E-state index in [2.05, 4.69) is 43.4 Å². The number of furan rings is 1. The molecule has 1 N–H and O–H groups in total. The van der Waals surface area contributed by atoms with Gasteiger partial charge in [-0.3, -0.25) is 0 Å². The lowest BCUT2D eigenvalue weighted by Gasteiger charge is -2.15. The summed E-state index contributed by atoms with van der Waals surface area (Å²) in [5.74, 6) is 0.891. The molecule has 0 fully saturated rings. The van der Waals surface area contributed by atoms with Gasteiger partial charge in [0.25, 0.3) is 0 Å². The molecule has 0 spiro atoms. The Morgan fingerprint density at radius 2 is 1.89 bits per heavy atom. The van der Waals surface area contributed by atoms with Crippen LogP contribution in [-0.2, 0) is 6.42 Å². The number of nitrogens with one attached hydrogen (secondary N) is 1. The van der Waals surface area contributed by atoms with Crippen molar-refractivity contribution in [2.75, 3.05) is 6.54 Å². The van der Waals surface area contributed by atoms with E-state index < -0.39 is 0 Å². The molecule has 18 heavy (non-hydrogen) atoms. The summed E-state index contributed by atoms with van der Waals surface area (Å²) in [6.45, 7) is 5.08. The van der Waals surface area contributed by atoms with Crippen LogP contribution in [0, 0.1) is 6.92 Å². The summed E-state index contributed by atoms with van der Waals surface area (Å²) in [7, 11) is 0. The summed E-state index contributed by atoms with van der Waals surface area (Å²) in [5, 5.41) is 3.86. The highest BCUT2D eigenvalue weighted by Crippen LogP contribution is 2.23. The molecule has 3 heteroatoms. The van der Waals surface area contributed by atoms with Gasteiger partial charge in [-0.25, -0.2) is 0 Å². The van der Waals surface area contributed by atoms with Gasteiger partial charge in [0.2, 0.25) is 0 Å². The lowest BCUT2D eigenvalue weighted by atomic mass is 10.0. The molecule has 2 aromatic rings. The second-order valence-corrected chi connectivity index (χ2v) is 4.81. The van der Waals surface area contributed by atoms with Crippen LogP contribution < -0.4 is 5.32 Å². The van der Waals surface area contributed by atoms with Crippen LogP contribution in [-0.4, -0.2) is 6.54 Å². The van der Waals surface area contributed by atoms with Crippen LogP contribution in [0.4, 0.5) is 0 Å². The van der Waals surface area contributed by atoms with E-state index in [4.69, 9.17) is 16.0 Å². The van der Waals surface area contributed by atoms with E-state index in [1.54, 1.807) is 6.07 Å². The number of rotatable bonds is 5. The van der Waals surface area contributed by atoms with Crippen LogP contribution in [0.3, 0.4) is 0 Å². The van der Waals surface area contributed by atoms with Gasteiger partial charge in [0.05, 0.1) is 6.04 Å². The topological polar surface area (TPSA) is 25.2 Å². The van der Waals surface area contributed by atoms with E-state index in [0.29, 0.717) is 5.22 Å². The number of likely N-dealkylation sites (N-methyl/N-ethyl adjacent to an activating group) is 1. The van der Waals surface area contributed by atoms with Crippen molar-refractivity contribution >= 4 is 11.6 Å². The molecule has 0 amide bonds. The largest absolute Gasteiger partial charge is 0.448 e. The SMILES string of the molecule is CCNC(Cc1ccc(C)cc1)c1ccc(Cl)o1. The molecule has 2 rings (SSSR count). The van der Waals surface area contributed by atoms with Crippen molar-refractivity contribution in [2.45, 2.75) is 26.3 Å². The molecule has 1 aromatic heterocycles. The standard InChI is InChI=1S/C15H18ClNO/c1-3-17-13(14-8-9-15(16)18-14)10-12-6-4-11(2)5-7-12/h4-9,13,17H,3,10H2,1-2H3. The van der Waals surface area contributed by atoms with Crippen molar-refractivity contribution in [1.82, 2.24) is 5.32 Å². The zero-order valence-corrected chi connectivity index (χ0v) is 11.5. The maximum atomic E-state index is 5.83. The van der Waals surface area contributed by atoms with E-state index in [1.807, 2.05) is 6.07 Å². The maximum Gasteiger partial charge on any atom is 0.193 e. The number of hydrogen-bond donors (Lipinski definition) is 1. The molecule has 1 aromatic carbocycles. The van der Waals surface area contributed by atoms with Gasteiger partial charge in [-0.1, -0.05) is 36.8 Å². The van der Waals surface area contributed by atoms with Crippen molar-refractivity contribution in [3.63, 3.8) is 0 Å². The Bertz CT molecular complexity index is 489. The summed E-state index contributed by atoms with van der Waals surface area (Å²) >= 11 is 5.83. The second-order valence-electron chi connectivity index (χ2n) is 4.44. The monoisotopic (exact) mass is 263 g/mol. The molecule has 0 saturated heterocycles. The molecule has 0 aliphatic carbocycles. The predicted octanol–water partition coefficient (Wildman–Crippen LogP) is 4.13. The molecule has 1 heterocycles. The van der Waals surface area contributed by atoms with E-state index in [9.17, 15) is 0 Å². The van der Waals surface area contributed by atoms with Crippen molar-refractivity contribution in [1.29, 1.82) is 0 Å². The van der Waals surface area contributed by atoms with Crippen LogP contribution >= 0.6 is 11.6 Å². The molecule has 1 atom stereocenters. The van der Waals surface area contributed by atoms with Crippen LogP contribution in [0.2, 0.25) is 5.22 Å². The minimum atomic E-state index is 0.171. The van der Waals surface area contributed by atoms with Crippen LogP contribution in [0.25, 0.3) is 0 Å². The Labute approximate surface area is 113 Å². The first-order valence-electron chi connectivity index (χ1n) is 6.23. The van der Waals surface area contributed by atoms with Crippen LogP contribution in [0.1, 0.15) is 29.9 Å². The third-order valence-electron chi connectivity index (χ3n) is 2.95. The number of benzene rings is 1. The number of halogens is 1. The Morgan fingerprint density at radius 3 is 2.44 bits per heavy atom. The van der Waals surface area contributed by atoms with Crippen LogP contribution in [0.15, 0.2) is 40.8 Å².